The fourth-order valence-corrected chi connectivity index (χ4v) is 3.68. The Bertz CT molecular complexity index is 1010. The first kappa shape index (κ1) is 15.2. The molecule has 0 aliphatic rings. The SMILES string of the molecule is Fc1ccccc1Nc1ncnc2scc(-c3ccc(Br)cc3)c12. The number of thiophene rings is 1. The zero-order valence-corrected chi connectivity index (χ0v) is 14.7. The van der Waals surface area contributed by atoms with Gasteiger partial charge in [-0.3, -0.25) is 0 Å². The average Bonchev–Trinajstić information content (AvgIpc) is 3.03. The van der Waals surface area contributed by atoms with Gasteiger partial charge in [-0.15, -0.1) is 11.3 Å². The van der Waals surface area contributed by atoms with Gasteiger partial charge in [0.1, 0.15) is 22.8 Å². The molecule has 0 atom stereocenters. The number of para-hydroxylation sites is 1. The summed E-state index contributed by atoms with van der Waals surface area (Å²) in [5.41, 5.74) is 2.49. The van der Waals surface area contributed by atoms with E-state index in [4.69, 9.17) is 0 Å². The standard InChI is InChI=1S/C18H11BrFN3S/c19-12-7-5-11(6-8-12)13-9-24-18-16(13)17(21-10-22-18)23-15-4-2-1-3-14(15)20/h1-10H,(H,21,22,23). The van der Waals surface area contributed by atoms with Crippen molar-refractivity contribution in [2.24, 2.45) is 0 Å². The molecule has 2 heterocycles. The summed E-state index contributed by atoms with van der Waals surface area (Å²) in [6, 6.07) is 14.6. The molecule has 0 saturated carbocycles. The first-order valence-electron chi connectivity index (χ1n) is 7.22. The van der Waals surface area contributed by atoms with Crippen molar-refractivity contribution >= 4 is 49.0 Å². The highest BCUT2D eigenvalue weighted by Crippen LogP contribution is 2.37. The molecule has 0 spiro atoms. The van der Waals surface area contributed by atoms with Crippen molar-refractivity contribution in [1.29, 1.82) is 0 Å². The summed E-state index contributed by atoms with van der Waals surface area (Å²) in [7, 11) is 0. The smallest absolute Gasteiger partial charge is 0.146 e. The van der Waals surface area contributed by atoms with E-state index in [2.05, 4.69) is 36.6 Å². The molecule has 2 aromatic carbocycles. The third-order valence-corrected chi connectivity index (χ3v) is 5.07. The van der Waals surface area contributed by atoms with Gasteiger partial charge in [0.15, 0.2) is 0 Å². The molecule has 2 aromatic heterocycles. The van der Waals surface area contributed by atoms with Crippen molar-refractivity contribution in [2.45, 2.75) is 0 Å². The van der Waals surface area contributed by atoms with Crippen molar-refractivity contribution in [3.63, 3.8) is 0 Å². The van der Waals surface area contributed by atoms with Gasteiger partial charge in [0.2, 0.25) is 0 Å². The molecule has 4 rings (SSSR count). The van der Waals surface area contributed by atoms with E-state index in [0.29, 0.717) is 11.5 Å². The Balaban J connectivity index is 1.86. The van der Waals surface area contributed by atoms with E-state index in [1.807, 2.05) is 24.3 Å². The zero-order valence-electron chi connectivity index (χ0n) is 12.3. The van der Waals surface area contributed by atoms with Crippen LogP contribution < -0.4 is 5.32 Å². The molecule has 0 fully saturated rings. The summed E-state index contributed by atoms with van der Waals surface area (Å²) in [5.74, 6) is 0.286. The second kappa shape index (κ2) is 6.30. The number of hydrogen-bond donors (Lipinski definition) is 1. The fourth-order valence-electron chi connectivity index (χ4n) is 2.50. The zero-order chi connectivity index (χ0) is 16.5. The lowest BCUT2D eigenvalue weighted by Crippen LogP contribution is -1.97. The van der Waals surface area contributed by atoms with Crippen LogP contribution >= 0.6 is 27.3 Å². The van der Waals surface area contributed by atoms with Gasteiger partial charge >= 0.3 is 0 Å². The summed E-state index contributed by atoms with van der Waals surface area (Å²) in [6.45, 7) is 0. The largest absolute Gasteiger partial charge is 0.337 e. The molecule has 6 heteroatoms. The quantitative estimate of drug-likeness (QED) is 0.458. The summed E-state index contributed by atoms with van der Waals surface area (Å²) in [4.78, 5) is 9.52. The van der Waals surface area contributed by atoms with Crippen molar-refractivity contribution in [1.82, 2.24) is 9.97 Å². The number of hydrogen-bond acceptors (Lipinski definition) is 4. The first-order chi connectivity index (χ1) is 11.7. The first-order valence-corrected chi connectivity index (χ1v) is 8.89. The third-order valence-electron chi connectivity index (χ3n) is 3.65. The van der Waals surface area contributed by atoms with Crippen molar-refractivity contribution in [3.05, 3.63) is 70.5 Å². The Kier molecular flexibility index (Phi) is 4.00. The predicted molar refractivity (Wildman–Crippen MR) is 100 cm³/mol. The molecule has 0 bridgehead atoms. The number of anilines is 2. The van der Waals surface area contributed by atoms with E-state index in [-0.39, 0.29) is 5.82 Å². The summed E-state index contributed by atoms with van der Waals surface area (Å²) in [6.07, 6.45) is 1.49. The van der Waals surface area contributed by atoms with Crippen LogP contribution in [0.4, 0.5) is 15.9 Å². The van der Waals surface area contributed by atoms with Crippen molar-refractivity contribution in [3.8, 4) is 11.1 Å². The highest BCUT2D eigenvalue weighted by molar-refractivity contribution is 9.10. The van der Waals surface area contributed by atoms with Gasteiger partial charge < -0.3 is 5.32 Å². The van der Waals surface area contributed by atoms with Gasteiger partial charge in [-0.2, -0.15) is 0 Å². The maximum absolute atomic E-state index is 14.0. The Morgan fingerprint density at radius 3 is 2.58 bits per heavy atom. The molecule has 3 nitrogen and oxygen atoms in total. The minimum Gasteiger partial charge on any atom is -0.337 e. The van der Waals surface area contributed by atoms with Gasteiger partial charge in [-0.25, -0.2) is 14.4 Å². The topological polar surface area (TPSA) is 37.8 Å². The van der Waals surface area contributed by atoms with Gasteiger partial charge in [-0.05, 0) is 29.8 Å². The van der Waals surface area contributed by atoms with Crippen LogP contribution in [0.1, 0.15) is 0 Å². The molecule has 4 aromatic rings. The lowest BCUT2D eigenvalue weighted by atomic mass is 10.1. The van der Waals surface area contributed by atoms with E-state index >= 15 is 0 Å². The number of nitrogens with zero attached hydrogens (tertiary/aromatic N) is 2. The number of aromatic nitrogens is 2. The lowest BCUT2D eigenvalue weighted by molar-refractivity contribution is 0.632. The minimum atomic E-state index is -0.315. The summed E-state index contributed by atoms with van der Waals surface area (Å²) in [5, 5.41) is 6.04. The second-order valence-electron chi connectivity index (χ2n) is 5.16. The highest BCUT2D eigenvalue weighted by Gasteiger charge is 2.14. The number of benzene rings is 2. The van der Waals surface area contributed by atoms with Crippen LogP contribution in [0.5, 0.6) is 0 Å². The molecular formula is C18H11BrFN3S. The number of nitrogens with one attached hydrogen (secondary N) is 1. The molecule has 0 aliphatic carbocycles. The lowest BCUT2D eigenvalue weighted by Gasteiger charge is -2.09. The molecule has 118 valence electrons. The van der Waals surface area contributed by atoms with E-state index in [1.165, 1.54) is 12.4 Å². The van der Waals surface area contributed by atoms with E-state index in [0.717, 1.165) is 25.8 Å². The molecule has 0 aliphatic heterocycles. The number of fused-ring (bicyclic) bond motifs is 1. The fraction of sp³-hybridized carbons (Fsp3) is 0. The van der Waals surface area contributed by atoms with E-state index in [1.54, 1.807) is 29.5 Å². The molecule has 24 heavy (non-hydrogen) atoms. The molecule has 1 N–H and O–H groups in total. The Morgan fingerprint density at radius 1 is 1.00 bits per heavy atom. The van der Waals surface area contributed by atoms with Crippen molar-refractivity contribution < 1.29 is 4.39 Å². The van der Waals surface area contributed by atoms with E-state index < -0.39 is 0 Å². The van der Waals surface area contributed by atoms with Gasteiger partial charge in [0, 0.05) is 15.4 Å². The predicted octanol–water partition coefficient (Wildman–Crippen LogP) is 6.00. The minimum absolute atomic E-state index is 0.315. The normalized spacial score (nSPS) is 10.9. The van der Waals surface area contributed by atoms with Gasteiger partial charge in [0.25, 0.3) is 0 Å². The molecule has 0 amide bonds. The summed E-state index contributed by atoms with van der Waals surface area (Å²) >= 11 is 4.99. The monoisotopic (exact) mass is 399 g/mol. The molecule has 0 saturated heterocycles. The van der Waals surface area contributed by atoms with Gasteiger partial charge in [-0.1, -0.05) is 40.2 Å². The van der Waals surface area contributed by atoms with Crippen molar-refractivity contribution in [2.75, 3.05) is 5.32 Å². The Labute approximate surface area is 150 Å². The van der Waals surface area contributed by atoms with Crippen LogP contribution in [-0.4, -0.2) is 9.97 Å². The van der Waals surface area contributed by atoms with Gasteiger partial charge in [0.05, 0.1) is 11.1 Å². The number of halogens is 2. The van der Waals surface area contributed by atoms with Crippen LogP contribution in [0, 0.1) is 5.82 Å². The van der Waals surface area contributed by atoms with Crippen LogP contribution in [0.25, 0.3) is 21.3 Å². The Hall–Kier alpha value is -2.31. The van der Waals surface area contributed by atoms with Crippen LogP contribution in [-0.2, 0) is 0 Å². The second-order valence-corrected chi connectivity index (χ2v) is 6.94. The third kappa shape index (κ3) is 2.79. The maximum atomic E-state index is 14.0. The molecule has 0 radical (unpaired) electrons. The highest BCUT2D eigenvalue weighted by atomic mass is 79.9. The summed E-state index contributed by atoms with van der Waals surface area (Å²) < 4.78 is 15.0. The molecule has 0 unspecified atom stereocenters. The van der Waals surface area contributed by atoms with Crippen LogP contribution in [0.3, 0.4) is 0 Å². The average molecular weight is 400 g/mol. The van der Waals surface area contributed by atoms with Crippen LogP contribution in [0.2, 0.25) is 0 Å². The number of rotatable bonds is 3. The maximum Gasteiger partial charge on any atom is 0.146 e. The van der Waals surface area contributed by atoms with E-state index in [9.17, 15) is 4.39 Å². The molecular weight excluding hydrogens is 389 g/mol. The Morgan fingerprint density at radius 2 is 1.79 bits per heavy atom. The van der Waals surface area contributed by atoms with Crippen LogP contribution in [0.15, 0.2) is 64.7 Å².